The molecule has 1 aromatic carbocycles. The normalized spacial score (nSPS) is 21.1. The molecule has 1 aliphatic rings. The van der Waals surface area contributed by atoms with Gasteiger partial charge in [-0.15, -0.1) is 0 Å². The van der Waals surface area contributed by atoms with E-state index in [9.17, 15) is 9.65 Å². The van der Waals surface area contributed by atoms with Gasteiger partial charge in [0.2, 0.25) is 0 Å². The first kappa shape index (κ1) is 14.4. The lowest BCUT2D eigenvalue weighted by Gasteiger charge is -2.27. The molecule has 3 rings (SSSR count). The molecule has 2 aromatic rings. The summed E-state index contributed by atoms with van der Waals surface area (Å²) in [5, 5.41) is 12.3. The van der Waals surface area contributed by atoms with Crippen molar-refractivity contribution in [2.75, 3.05) is 13.1 Å². The van der Waals surface area contributed by atoms with Crippen LogP contribution in [0.2, 0.25) is 0 Å². The topological polar surface area (TPSA) is 83.7 Å². The Morgan fingerprint density at radius 1 is 1.32 bits per heavy atom. The fraction of sp³-hybridized carbons (Fsp3) is 0.333. The highest BCUT2D eigenvalue weighted by atomic mass is 19.1. The van der Waals surface area contributed by atoms with Crippen molar-refractivity contribution in [2.45, 2.75) is 18.7 Å². The molecule has 0 radical (unpaired) electrons. The van der Waals surface area contributed by atoms with Gasteiger partial charge in [0.1, 0.15) is 36.7 Å². The average Bonchev–Trinajstić information content (AvgIpc) is 2.58. The van der Waals surface area contributed by atoms with E-state index in [4.69, 9.17) is 4.74 Å². The van der Waals surface area contributed by atoms with E-state index in [0.29, 0.717) is 35.7 Å². The smallest absolute Gasteiger partial charge is 0.162 e. The second kappa shape index (κ2) is 6.45. The molecule has 0 unspecified atom stereocenters. The summed E-state index contributed by atoms with van der Waals surface area (Å²) >= 11 is 0. The second-order valence-electron chi connectivity index (χ2n) is 4.95. The third-order valence-corrected chi connectivity index (χ3v) is 3.48. The van der Waals surface area contributed by atoms with E-state index in [-0.39, 0.29) is 6.54 Å². The van der Waals surface area contributed by atoms with Crippen molar-refractivity contribution in [1.82, 2.24) is 20.3 Å². The first-order chi connectivity index (χ1) is 10.8. The molecule has 1 aliphatic heterocycles. The Labute approximate surface area is 127 Å². The van der Waals surface area contributed by atoms with Crippen molar-refractivity contribution < 1.29 is 9.13 Å². The van der Waals surface area contributed by atoms with Crippen LogP contribution in [-0.2, 0) is 0 Å². The Morgan fingerprint density at radius 2 is 2.14 bits per heavy atom. The van der Waals surface area contributed by atoms with Crippen molar-refractivity contribution in [3.63, 3.8) is 0 Å². The van der Waals surface area contributed by atoms with E-state index in [1.807, 2.05) is 0 Å². The van der Waals surface area contributed by atoms with Gasteiger partial charge in [-0.05, 0) is 31.2 Å². The minimum atomic E-state index is -1.08. The molecular weight excluding hydrogens is 285 g/mol. The number of piperidine rings is 1. The van der Waals surface area contributed by atoms with Crippen molar-refractivity contribution >= 4 is 0 Å². The highest BCUT2D eigenvalue weighted by Gasteiger charge is 2.27. The van der Waals surface area contributed by atoms with E-state index < -0.39 is 12.3 Å². The zero-order chi connectivity index (χ0) is 15.4. The molecule has 7 heteroatoms. The lowest BCUT2D eigenvalue weighted by molar-refractivity contribution is 0.0729. The Bertz CT molecular complexity index is 688. The maximum absolute atomic E-state index is 13.8. The van der Waals surface area contributed by atoms with Gasteiger partial charge in [0.15, 0.2) is 5.82 Å². The summed E-state index contributed by atoms with van der Waals surface area (Å²) in [7, 11) is 0. The number of hydrogen-bond donors (Lipinski definition) is 1. The molecule has 1 saturated heterocycles. The second-order valence-corrected chi connectivity index (χ2v) is 4.95. The SMILES string of the molecule is N#Cc1cc(-c2ncncn2)ccc1O[C@H]1CCNC[C@@H]1F. The number of hydrogen-bond acceptors (Lipinski definition) is 6. The van der Waals surface area contributed by atoms with E-state index >= 15 is 0 Å². The number of rotatable bonds is 3. The van der Waals surface area contributed by atoms with E-state index in [1.54, 1.807) is 18.2 Å². The summed E-state index contributed by atoms with van der Waals surface area (Å²) in [6, 6.07) is 7.12. The third kappa shape index (κ3) is 3.02. The van der Waals surface area contributed by atoms with Crippen LogP contribution in [0, 0.1) is 11.3 Å². The first-order valence-corrected chi connectivity index (χ1v) is 6.96. The third-order valence-electron chi connectivity index (χ3n) is 3.48. The highest BCUT2D eigenvalue weighted by molar-refractivity contribution is 5.61. The molecule has 0 amide bonds. The van der Waals surface area contributed by atoms with Gasteiger partial charge < -0.3 is 10.1 Å². The molecule has 1 fully saturated rings. The number of aromatic nitrogens is 3. The van der Waals surface area contributed by atoms with Gasteiger partial charge in [-0.2, -0.15) is 5.26 Å². The van der Waals surface area contributed by atoms with Gasteiger partial charge in [0, 0.05) is 12.1 Å². The largest absolute Gasteiger partial charge is 0.486 e. The molecular formula is C15H14FN5O. The fourth-order valence-electron chi connectivity index (χ4n) is 2.34. The van der Waals surface area contributed by atoms with Crippen LogP contribution in [0.4, 0.5) is 4.39 Å². The Morgan fingerprint density at radius 3 is 2.86 bits per heavy atom. The molecule has 1 N–H and O–H groups in total. The standard InChI is InChI=1S/C15H14FN5O/c16-12-7-18-4-3-14(12)22-13-2-1-10(5-11(13)6-17)15-20-8-19-9-21-15/h1-2,5,8-9,12,14,18H,3-4,7H2/t12-,14-/m0/s1. The van der Waals surface area contributed by atoms with Crippen molar-refractivity contribution in [2.24, 2.45) is 0 Å². The van der Waals surface area contributed by atoms with E-state index in [1.165, 1.54) is 12.7 Å². The monoisotopic (exact) mass is 299 g/mol. The van der Waals surface area contributed by atoms with Crippen LogP contribution in [0.3, 0.4) is 0 Å². The summed E-state index contributed by atoms with van der Waals surface area (Å²) in [5.41, 5.74) is 1.03. The predicted octanol–water partition coefficient (Wildman–Crippen LogP) is 1.49. The van der Waals surface area contributed by atoms with Gasteiger partial charge in [0.25, 0.3) is 0 Å². The van der Waals surface area contributed by atoms with Crippen molar-refractivity contribution in [3.8, 4) is 23.2 Å². The van der Waals surface area contributed by atoms with Gasteiger partial charge in [-0.1, -0.05) is 0 Å². The lowest BCUT2D eigenvalue weighted by Crippen LogP contribution is -2.44. The Balaban J connectivity index is 1.85. The fourth-order valence-corrected chi connectivity index (χ4v) is 2.34. The molecule has 0 aliphatic carbocycles. The number of alkyl halides is 1. The molecule has 112 valence electrons. The molecule has 2 heterocycles. The number of nitrogens with one attached hydrogen (secondary N) is 1. The number of nitriles is 1. The average molecular weight is 299 g/mol. The van der Waals surface area contributed by atoms with Crippen LogP contribution in [-0.4, -0.2) is 40.3 Å². The molecule has 0 bridgehead atoms. The zero-order valence-corrected chi connectivity index (χ0v) is 11.7. The summed E-state index contributed by atoms with van der Waals surface area (Å²) in [6.45, 7) is 0.978. The molecule has 1 aromatic heterocycles. The van der Waals surface area contributed by atoms with Crippen molar-refractivity contribution in [1.29, 1.82) is 5.26 Å². The summed E-state index contributed by atoms with van der Waals surface area (Å²) in [6.07, 6.45) is 1.74. The summed E-state index contributed by atoms with van der Waals surface area (Å²) < 4.78 is 19.5. The number of nitrogens with zero attached hydrogens (tertiary/aromatic N) is 4. The van der Waals surface area contributed by atoms with Gasteiger partial charge in [-0.25, -0.2) is 19.3 Å². The molecule has 0 spiro atoms. The van der Waals surface area contributed by atoms with E-state index in [2.05, 4.69) is 26.3 Å². The highest BCUT2D eigenvalue weighted by Crippen LogP contribution is 2.26. The quantitative estimate of drug-likeness (QED) is 0.924. The maximum atomic E-state index is 13.8. The molecule has 22 heavy (non-hydrogen) atoms. The van der Waals surface area contributed by atoms with Gasteiger partial charge >= 0.3 is 0 Å². The molecule has 2 atom stereocenters. The van der Waals surface area contributed by atoms with Crippen LogP contribution in [0.25, 0.3) is 11.4 Å². The Kier molecular flexibility index (Phi) is 4.21. The molecule has 6 nitrogen and oxygen atoms in total. The summed E-state index contributed by atoms with van der Waals surface area (Å²) in [4.78, 5) is 11.8. The van der Waals surface area contributed by atoms with Crippen LogP contribution < -0.4 is 10.1 Å². The number of ether oxygens (including phenoxy) is 1. The number of benzene rings is 1. The van der Waals surface area contributed by atoms with Crippen LogP contribution in [0.1, 0.15) is 12.0 Å². The first-order valence-electron chi connectivity index (χ1n) is 6.96. The number of halogens is 1. The Hall–Kier alpha value is -2.59. The lowest BCUT2D eigenvalue weighted by atomic mass is 10.1. The van der Waals surface area contributed by atoms with Crippen LogP contribution in [0.5, 0.6) is 5.75 Å². The summed E-state index contributed by atoms with van der Waals surface area (Å²) in [5.74, 6) is 0.859. The minimum Gasteiger partial charge on any atom is -0.486 e. The molecule has 0 saturated carbocycles. The zero-order valence-electron chi connectivity index (χ0n) is 11.7. The maximum Gasteiger partial charge on any atom is 0.162 e. The van der Waals surface area contributed by atoms with Gasteiger partial charge in [-0.3, -0.25) is 0 Å². The van der Waals surface area contributed by atoms with Crippen LogP contribution >= 0.6 is 0 Å². The van der Waals surface area contributed by atoms with Gasteiger partial charge in [0.05, 0.1) is 5.56 Å². The van der Waals surface area contributed by atoms with Crippen LogP contribution in [0.15, 0.2) is 30.9 Å². The van der Waals surface area contributed by atoms with E-state index in [0.717, 1.165) is 0 Å². The van der Waals surface area contributed by atoms with Crippen molar-refractivity contribution in [3.05, 3.63) is 36.4 Å². The minimum absolute atomic E-state index is 0.273. The predicted molar refractivity (Wildman–Crippen MR) is 76.8 cm³/mol.